The minimum absolute atomic E-state index is 0.0683. The Labute approximate surface area is 133 Å². The highest BCUT2D eigenvalue weighted by molar-refractivity contribution is 5.77. The molecule has 4 N–H and O–H groups in total. The average molecular weight is 306 g/mol. The smallest absolute Gasteiger partial charge is 0.220 e. The number of hydrogen-bond donors (Lipinski definition) is 3. The summed E-state index contributed by atoms with van der Waals surface area (Å²) in [5.74, 6) is 1.34. The number of carbonyl (C=O) groups excluding carboxylic acids is 1. The van der Waals surface area contributed by atoms with Gasteiger partial charge in [0.05, 0.1) is 5.60 Å². The fourth-order valence-electron chi connectivity index (χ4n) is 6.08. The van der Waals surface area contributed by atoms with E-state index in [4.69, 9.17) is 5.73 Å². The second-order valence-corrected chi connectivity index (χ2v) is 8.86. The number of carbonyl (C=O) groups is 1. The van der Waals surface area contributed by atoms with Gasteiger partial charge < -0.3 is 16.2 Å². The summed E-state index contributed by atoms with van der Waals surface area (Å²) in [5.41, 5.74) is 5.85. The van der Waals surface area contributed by atoms with E-state index < -0.39 is 0 Å². The number of hydrogen-bond acceptors (Lipinski definition) is 3. The second kappa shape index (κ2) is 4.70. The molecule has 124 valence electrons. The summed E-state index contributed by atoms with van der Waals surface area (Å²) in [4.78, 5) is 11.6. The van der Waals surface area contributed by atoms with Gasteiger partial charge in [0, 0.05) is 11.5 Å². The van der Waals surface area contributed by atoms with Crippen LogP contribution in [0.1, 0.15) is 64.7 Å². The Hall–Kier alpha value is -0.610. The molecule has 2 bridgehead atoms. The van der Waals surface area contributed by atoms with E-state index in [9.17, 15) is 9.90 Å². The monoisotopic (exact) mass is 306 g/mol. The summed E-state index contributed by atoms with van der Waals surface area (Å²) < 4.78 is 0. The standard InChI is InChI=1S/C18H30N2O2/c1-12(16-3-6-17(22,7-4-16)8-5-16)14-11-18(14)10-13(15(19)21)2-9-20-18/h12-14,20,22H,2-11H2,1H3,(H2,19,21)/t12-,13?,14?,16?,17?,18?/m0/s1. The number of rotatable bonds is 3. The van der Waals surface area contributed by atoms with Crippen LogP contribution in [0.4, 0.5) is 0 Å². The maximum atomic E-state index is 11.6. The summed E-state index contributed by atoms with van der Waals surface area (Å²) in [6.45, 7) is 3.37. The van der Waals surface area contributed by atoms with E-state index in [2.05, 4.69) is 12.2 Å². The summed E-state index contributed by atoms with van der Waals surface area (Å²) >= 11 is 0. The minimum Gasteiger partial charge on any atom is -0.390 e. The first kappa shape index (κ1) is 14.9. The van der Waals surface area contributed by atoms with Crippen LogP contribution in [0.5, 0.6) is 0 Å². The zero-order chi connectivity index (χ0) is 15.6. The molecule has 22 heavy (non-hydrogen) atoms. The lowest BCUT2D eigenvalue weighted by Crippen LogP contribution is -2.51. The van der Waals surface area contributed by atoms with Crippen LogP contribution in [0.3, 0.4) is 0 Å². The van der Waals surface area contributed by atoms with Gasteiger partial charge in [-0.2, -0.15) is 0 Å². The third-order valence-electron chi connectivity index (χ3n) is 7.95. The van der Waals surface area contributed by atoms with Gasteiger partial charge >= 0.3 is 0 Å². The zero-order valence-electron chi connectivity index (χ0n) is 13.7. The second-order valence-electron chi connectivity index (χ2n) is 8.86. The van der Waals surface area contributed by atoms with Crippen molar-refractivity contribution in [3.63, 3.8) is 0 Å². The number of aliphatic hydroxyl groups is 1. The number of amides is 1. The summed E-state index contributed by atoms with van der Waals surface area (Å²) in [6, 6.07) is 0. The van der Waals surface area contributed by atoms with Gasteiger partial charge in [-0.1, -0.05) is 6.92 Å². The first-order chi connectivity index (χ1) is 10.4. The molecule has 1 heterocycles. The van der Waals surface area contributed by atoms with Crippen LogP contribution >= 0.6 is 0 Å². The predicted octanol–water partition coefficient (Wildman–Crippen LogP) is 1.95. The highest BCUT2D eigenvalue weighted by Gasteiger charge is 2.63. The lowest BCUT2D eigenvalue weighted by molar-refractivity contribution is -0.123. The lowest BCUT2D eigenvalue weighted by atomic mass is 9.53. The van der Waals surface area contributed by atoms with E-state index in [-0.39, 0.29) is 23.0 Å². The molecule has 5 fully saturated rings. The van der Waals surface area contributed by atoms with E-state index in [1.807, 2.05) is 0 Å². The van der Waals surface area contributed by atoms with Gasteiger partial charge in [-0.25, -0.2) is 0 Å². The molecule has 5 rings (SSSR count). The molecule has 5 aliphatic rings. The Balaban J connectivity index is 1.47. The van der Waals surface area contributed by atoms with Crippen molar-refractivity contribution in [2.45, 2.75) is 75.9 Å². The van der Waals surface area contributed by atoms with Crippen molar-refractivity contribution in [2.75, 3.05) is 6.54 Å². The molecule has 1 amide bonds. The largest absolute Gasteiger partial charge is 0.390 e. The quantitative estimate of drug-likeness (QED) is 0.746. The predicted molar refractivity (Wildman–Crippen MR) is 85.0 cm³/mol. The minimum atomic E-state index is -0.344. The molecule has 0 aromatic heterocycles. The molecule has 0 aromatic rings. The molecule has 0 aromatic carbocycles. The number of nitrogens with one attached hydrogen (secondary N) is 1. The van der Waals surface area contributed by atoms with Crippen molar-refractivity contribution in [1.82, 2.24) is 5.32 Å². The van der Waals surface area contributed by atoms with E-state index >= 15 is 0 Å². The van der Waals surface area contributed by atoms with Gasteiger partial charge in [0.15, 0.2) is 0 Å². The summed E-state index contributed by atoms with van der Waals surface area (Å²) in [6.07, 6.45) is 9.61. The molecular formula is C18H30N2O2. The highest BCUT2D eigenvalue weighted by Crippen LogP contribution is 2.64. The van der Waals surface area contributed by atoms with Crippen molar-refractivity contribution < 1.29 is 9.90 Å². The molecule has 1 saturated heterocycles. The Morgan fingerprint density at radius 2 is 1.82 bits per heavy atom. The molecular weight excluding hydrogens is 276 g/mol. The Kier molecular flexibility index (Phi) is 3.19. The molecule has 1 aliphatic heterocycles. The zero-order valence-corrected chi connectivity index (χ0v) is 13.7. The fourth-order valence-corrected chi connectivity index (χ4v) is 6.08. The molecule has 1 spiro atoms. The van der Waals surface area contributed by atoms with Gasteiger partial charge in [-0.05, 0) is 81.6 Å². The topological polar surface area (TPSA) is 75.4 Å². The molecule has 4 heteroatoms. The first-order valence-corrected chi connectivity index (χ1v) is 9.15. The van der Waals surface area contributed by atoms with Crippen molar-refractivity contribution in [3.8, 4) is 0 Å². The van der Waals surface area contributed by atoms with Crippen molar-refractivity contribution in [2.24, 2.45) is 28.9 Å². The van der Waals surface area contributed by atoms with Crippen molar-refractivity contribution >= 4 is 5.91 Å². The first-order valence-electron chi connectivity index (χ1n) is 9.15. The van der Waals surface area contributed by atoms with Crippen LogP contribution in [0.2, 0.25) is 0 Å². The van der Waals surface area contributed by atoms with Gasteiger partial charge in [0.25, 0.3) is 0 Å². The molecule has 4 nitrogen and oxygen atoms in total. The van der Waals surface area contributed by atoms with E-state index in [1.54, 1.807) is 0 Å². The van der Waals surface area contributed by atoms with Gasteiger partial charge in [-0.15, -0.1) is 0 Å². The third kappa shape index (κ3) is 2.14. The van der Waals surface area contributed by atoms with E-state index in [0.717, 1.165) is 38.6 Å². The molecule has 4 aliphatic carbocycles. The molecule has 4 saturated carbocycles. The maximum absolute atomic E-state index is 11.6. The maximum Gasteiger partial charge on any atom is 0.220 e. The SMILES string of the molecule is C[C@@H](C1CC12CC(C(N)=O)CCN2)C12CCC(O)(CC1)CC2. The van der Waals surface area contributed by atoms with Crippen LogP contribution in [-0.2, 0) is 4.79 Å². The van der Waals surface area contributed by atoms with Crippen LogP contribution < -0.4 is 11.1 Å². The highest BCUT2D eigenvalue weighted by atomic mass is 16.3. The number of fused-ring (bicyclic) bond motifs is 3. The van der Waals surface area contributed by atoms with Crippen LogP contribution in [0, 0.1) is 23.2 Å². The third-order valence-corrected chi connectivity index (χ3v) is 7.95. The van der Waals surface area contributed by atoms with Gasteiger partial charge in [0.1, 0.15) is 0 Å². The molecule has 3 unspecified atom stereocenters. The fraction of sp³-hybridized carbons (Fsp3) is 0.944. The van der Waals surface area contributed by atoms with Gasteiger partial charge in [0.2, 0.25) is 5.91 Å². The number of primary amides is 1. The van der Waals surface area contributed by atoms with Crippen molar-refractivity contribution in [1.29, 1.82) is 0 Å². The van der Waals surface area contributed by atoms with E-state index in [1.165, 1.54) is 25.7 Å². The average Bonchev–Trinajstić information content (AvgIpc) is 3.20. The van der Waals surface area contributed by atoms with E-state index in [0.29, 0.717) is 17.3 Å². The molecule has 0 radical (unpaired) electrons. The summed E-state index contributed by atoms with van der Waals surface area (Å²) in [5, 5.41) is 14.2. The Morgan fingerprint density at radius 1 is 1.18 bits per heavy atom. The molecule has 4 atom stereocenters. The van der Waals surface area contributed by atoms with Gasteiger partial charge in [-0.3, -0.25) is 4.79 Å². The Bertz CT molecular complexity index is 467. The summed E-state index contributed by atoms with van der Waals surface area (Å²) in [7, 11) is 0. The normalized spacial score (nSPS) is 51.7. The number of nitrogens with two attached hydrogens (primary N) is 1. The van der Waals surface area contributed by atoms with Crippen LogP contribution in [0.15, 0.2) is 0 Å². The van der Waals surface area contributed by atoms with Crippen molar-refractivity contribution in [3.05, 3.63) is 0 Å². The lowest BCUT2D eigenvalue weighted by Gasteiger charge is -2.54. The van der Waals surface area contributed by atoms with Crippen LogP contribution in [0.25, 0.3) is 0 Å². The number of piperidine rings is 1. The van der Waals surface area contributed by atoms with Crippen LogP contribution in [-0.4, -0.2) is 28.7 Å². The Morgan fingerprint density at radius 3 is 2.41 bits per heavy atom.